The number of anilines is 2. The molecule has 2 atom stereocenters. The van der Waals surface area contributed by atoms with E-state index in [-0.39, 0.29) is 12.1 Å². The average Bonchev–Trinajstić information content (AvgIpc) is 2.76. The van der Waals surface area contributed by atoms with Crippen molar-refractivity contribution in [3.63, 3.8) is 0 Å². The second-order valence-electron chi connectivity index (χ2n) is 7.43. The fourth-order valence-corrected chi connectivity index (χ4v) is 4.50. The van der Waals surface area contributed by atoms with Crippen LogP contribution in [-0.2, 0) is 19.5 Å². The fraction of sp³-hybridized carbons (Fsp3) is 0.842. The Morgan fingerprint density at radius 1 is 1.23 bits per heavy atom. The van der Waals surface area contributed by atoms with Crippen molar-refractivity contribution in [3.8, 4) is 6.01 Å². The van der Waals surface area contributed by atoms with E-state index in [0.717, 1.165) is 19.3 Å². The molecular weight excluding hydrogens is 424 g/mol. The highest BCUT2D eigenvalue weighted by molar-refractivity contribution is 7.90. The van der Waals surface area contributed by atoms with Gasteiger partial charge in [-0.2, -0.15) is 15.0 Å². The number of aromatic nitrogens is 3. The lowest BCUT2D eigenvalue weighted by Gasteiger charge is -2.32. The third kappa shape index (κ3) is 8.36. The van der Waals surface area contributed by atoms with E-state index in [0.29, 0.717) is 57.8 Å². The first-order chi connectivity index (χ1) is 14.9. The van der Waals surface area contributed by atoms with E-state index < -0.39 is 15.3 Å². The van der Waals surface area contributed by atoms with Gasteiger partial charge in [0, 0.05) is 32.8 Å². The molecular formula is C19H36N6O5S. The van der Waals surface area contributed by atoms with Crippen molar-refractivity contribution in [2.24, 2.45) is 0 Å². The lowest BCUT2D eigenvalue weighted by molar-refractivity contribution is 0.0685. The first kappa shape index (κ1) is 25.5. The van der Waals surface area contributed by atoms with Crippen molar-refractivity contribution >= 4 is 21.9 Å². The predicted molar refractivity (Wildman–Crippen MR) is 119 cm³/mol. The Morgan fingerprint density at radius 3 is 2.74 bits per heavy atom. The molecule has 1 aromatic heterocycles. The second-order valence-corrected chi connectivity index (χ2v) is 9.59. The van der Waals surface area contributed by atoms with Gasteiger partial charge < -0.3 is 24.4 Å². The standard InChI is InChI=1S/C19H36N6O5S/c1-5-30-19-23-17(21-15(2)8-7-11-29-13-12-28-4)22-18(24-19)25-10-6-9-16(14-25)31(26,27)20-3/h15-16,20H,5-14H2,1-4H3,(H,21,22,23,24)/t15?,16-/m0/s1. The topological polar surface area (TPSA) is 128 Å². The van der Waals surface area contributed by atoms with Crippen molar-refractivity contribution in [3.05, 3.63) is 0 Å². The monoisotopic (exact) mass is 460 g/mol. The van der Waals surface area contributed by atoms with Crippen LogP contribution in [0.5, 0.6) is 6.01 Å². The van der Waals surface area contributed by atoms with Gasteiger partial charge in [-0.25, -0.2) is 13.1 Å². The highest BCUT2D eigenvalue weighted by Crippen LogP contribution is 2.23. The number of rotatable bonds is 14. The molecule has 2 heterocycles. The van der Waals surface area contributed by atoms with Gasteiger partial charge in [-0.1, -0.05) is 0 Å². The predicted octanol–water partition coefficient (Wildman–Crippen LogP) is 1.03. The Hall–Kier alpha value is -1.76. The van der Waals surface area contributed by atoms with E-state index >= 15 is 0 Å². The highest BCUT2D eigenvalue weighted by Gasteiger charge is 2.31. The molecule has 11 nitrogen and oxygen atoms in total. The SMILES string of the molecule is CCOc1nc(NC(C)CCCOCCOC)nc(N2CCC[C@H](S(=O)(=O)NC)C2)n1. The molecule has 1 unspecified atom stereocenters. The zero-order chi connectivity index (χ0) is 22.7. The van der Waals surface area contributed by atoms with Crippen LogP contribution < -0.4 is 19.7 Å². The molecule has 0 spiro atoms. The Labute approximate surface area is 185 Å². The number of nitrogens with zero attached hydrogens (tertiary/aromatic N) is 4. The molecule has 0 saturated carbocycles. The smallest absolute Gasteiger partial charge is 0.323 e. The summed E-state index contributed by atoms with van der Waals surface area (Å²) in [6.45, 7) is 7.19. The largest absolute Gasteiger partial charge is 0.464 e. The minimum Gasteiger partial charge on any atom is -0.464 e. The highest BCUT2D eigenvalue weighted by atomic mass is 32.2. The van der Waals surface area contributed by atoms with E-state index in [1.54, 1.807) is 7.11 Å². The van der Waals surface area contributed by atoms with Gasteiger partial charge in [0.25, 0.3) is 0 Å². The molecule has 1 saturated heterocycles. The molecule has 0 amide bonds. The van der Waals surface area contributed by atoms with E-state index in [1.807, 2.05) is 11.8 Å². The van der Waals surface area contributed by atoms with Gasteiger partial charge in [0.1, 0.15) is 0 Å². The van der Waals surface area contributed by atoms with Gasteiger partial charge in [-0.15, -0.1) is 0 Å². The molecule has 2 N–H and O–H groups in total. The van der Waals surface area contributed by atoms with Crippen LogP contribution in [0.1, 0.15) is 39.5 Å². The fourth-order valence-electron chi connectivity index (χ4n) is 3.31. The van der Waals surface area contributed by atoms with Crippen LogP contribution in [-0.4, -0.2) is 88.3 Å². The van der Waals surface area contributed by atoms with E-state index in [2.05, 4.69) is 31.9 Å². The summed E-state index contributed by atoms with van der Waals surface area (Å²) in [7, 11) is -0.268. The van der Waals surface area contributed by atoms with Gasteiger partial charge in [-0.05, 0) is 46.6 Å². The number of hydrogen-bond acceptors (Lipinski definition) is 10. The lowest BCUT2D eigenvalue weighted by Crippen LogP contribution is -2.46. The zero-order valence-corrected chi connectivity index (χ0v) is 19.8. The molecule has 31 heavy (non-hydrogen) atoms. The maximum Gasteiger partial charge on any atom is 0.323 e. The van der Waals surface area contributed by atoms with Crippen LogP contribution in [0.2, 0.25) is 0 Å². The lowest BCUT2D eigenvalue weighted by atomic mass is 10.1. The van der Waals surface area contributed by atoms with E-state index in [4.69, 9.17) is 14.2 Å². The summed E-state index contributed by atoms with van der Waals surface area (Å²) in [5, 5.41) is 2.79. The van der Waals surface area contributed by atoms with Crippen molar-refractivity contribution in [2.75, 3.05) is 63.9 Å². The minimum absolute atomic E-state index is 0.120. The third-order valence-electron chi connectivity index (χ3n) is 4.99. The van der Waals surface area contributed by atoms with Gasteiger partial charge in [0.05, 0.1) is 25.1 Å². The summed E-state index contributed by atoms with van der Waals surface area (Å²) in [4.78, 5) is 15.2. The van der Waals surface area contributed by atoms with Crippen LogP contribution in [0.15, 0.2) is 0 Å². The normalized spacial score (nSPS) is 18.1. The third-order valence-corrected chi connectivity index (χ3v) is 6.83. The Morgan fingerprint density at radius 2 is 2.03 bits per heavy atom. The summed E-state index contributed by atoms with van der Waals surface area (Å²) in [5.41, 5.74) is 0. The maximum atomic E-state index is 12.3. The molecule has 0 radical (unpaired) electrons. The summed E-state index contributed by atoms with van der Waals surface area (Å²) in [5.74, 6) is 0.840. The number of hydrogen-bond donors (Lipinski definition) is 2. The Bertz CT molecular complexity index is 766. The van der Waals surface area contributed by atoms with Crippen LogP contribution in [0, 0.1) is 0 Å². The van der Waals surface area contributed by atoms with Crippen molar-refractivity contribution < 1.29 is 22.6 Å². The van der Waals surface area contributed by atoms with Gasteiger partial charge in [0.15, 0.2) is 0 Å². The van der Waals surface area contributed by atoms with Crippen molar-refractivity contribution in [2.45, 2.75) is 50.8 Å². The van der Waals surface area contributed by atoms with Crippen LogP contribution in [0.25, 0.3) is 0 Å². The van der Waals surface area contributed by atoms with Crippen LogP contribution in [0.4, 0.5) is 11.9 Å². The minimum atomic E-state index is -3.36. The molecule has 1 aliphatic heterocycles. The Balaban J connectivity index is 2.03. The second kappa shape index (κ2) is 12.9. The molecule has 1 aromatic rings. The molecule has 12 heteroatoms. The molecule has 178 valence electrons. The zero-order valence-electron chi connectivity index (χ0n) is 19.0. The van der Waals surface area contributed by atoms with Crippen molar-refractivity contribution in [1.82, 2.24) is 19.7 Å². The van der Waals surface area contributed by atoms with Crippen LogP contribution >= 0.6 is 0 Å². The Kier molecular flexibility index (Phi) is 10.6. The summed E-state index contributed by atoms with van der Waals surface area (Å²) >= 11 is 0. The van der Waals surface area contributed by atoms with Crippen molar-refractivity contribution in [1.29, 1.82) is 0 Å². The molecule has 0 aromatic carbocycles. The average molecular weight is 461 g/mol. The molecule has 1 fully saturated rings. The van der Waals surface area contributed by atoms with E-state index in [1.165, 1.54) is 7.05 Å². The number of sulfonamides is 1. The first-order valence-electron chi connectivity index (χ1n) is 10.8. The summed E-state index contributed by atoms with van der Waals surface area (Å²) in [6.07, 6.45) is 3.12. The summed E-state index contributed by atoms with van der Waals surface area (Å²) < 4.78 is 42.9. The van der Waals surface area contributed by atoms with E-state index in [9.17, 15) is 8.42 Å². The molecule has 1 aliphatic rings. The van der Waals surface area contributed by atoms with Crippen LogP contribution in [0.3, 0.4) is 0 Å². The number of piperidine rings is 1. The van der Waals surface area contributed by atoms with Gasteiger partial charge >= 0.3 is 6.01 Å². The number of ether oxygens (including phenoxy) is 3. The molecule has 0 aliphatic carbocycles. The van der Waals surface area contributed by atoms with Gasteiger partial charge in [-0.3, -0.25) is 0 Å². The quantitative estimate of drug-likeness (QED) is 0.389. The molecule has 0 bridgehead atoms. The van der Waals surface area contributed by atoms with Gasteiger partial charge in [0.2, 0.25) is 21.9 Å². The number of methoxy groups -OCH3 is 1. The molecule has 2 rings (SSSR count). The maximum absolute atomic E-state index is 12.3. The number of nitrogens with one attached hydrogen (secondary N) is 2. The summed E-state index contributed by atoms with van der Waals surface area (Å²) in [6, 6.07) is 0.346. The first-order valence-corrected chi connectivity index (χ1v) is 12.3.